The maximum atomic E-state index is 5.44. The average molecular weight is 247 g/mol. The van der Waals surface area contributed by atoms with Gasteiger partial charge in [-0.2, -0.15) is 0 Å². The van der Waals surface area contributed by atoms with Crippen LogP contribution in [0.3, 0.4) is 0 Å². The van der Waals surface area contributed by atoms with Crippen LogP contribution in [-0.4, -0.2) is 20.7 Å². The van der Waals surface area contributed by atoms with Crippen LogP contribution < -0.4 is 10.1 Å². The van der Waals surface area contributed by atoms with Gasteiger partial charge >= 0.3 is 0 Å². The second kappa shape index (κ2) is 5.31. The molecule has 0 radical (unpaired) electrons. The highest BCUT2D eigenvalue weighted by Gasteiger charge is 2.36. The molecular weight excluding hydrogens is 222 g/mol. The largest absolute Gasteiger partial charge is 0.496 e. The lowest BCUT2D eigenvalue weighted by Gasteiger charge is -2.42. The van der Waals surface area contributed by atoms with Crippen molar-refractivity contribution < 1.29 is 4.74 Å². The summed E-state index contributed by atoms with van der Waals surface area (Å²) in [6, 6.07) is 4.59. The fourth-order valence-electron chi connectivity index (χ4n) is 3.36. The van der Waals surface area contributed by atoms with Gasteiger partial charge in [0.15, 0.2) is 0 Å². The van der Waals surface area contributed by atoms with Crippen LogP contribution in [0.4, 0.5) is 0 Å². The summed E-state index contributed by atoms with van der Waals surface area (Å²) in [6.07, 6.45) is 5.30. The molecule has 0 aliphatic heterocycles. The zero-order valence-corrected chi connectivity index (χ0v) is 12.1. The Morgan fingerprint density at radius 3 is 2.22 bits per heavy atom. The fraction of sp³-hybridized carbons (Fsp3) is 0.625. The SMILES string of the molecule is CNCC1(Cc2cc(C)c(OC)c(C)c2)CCC1. The fourth-order valence-corrected chi connectivity index (χ4v) is 3.36. The average Bonchev–Trinajstić information content (AvgIpc) is 2.26. The number of benzene rings is 1. The van der Waals surface area contributed by atoms with E-state index in [0.717, 1.165) is 12.3 Å². The minimum Gasteiger partial charge on any atom is -0.496 e. The predicted molar refractivity (Wildman–Crippen MR) is 76.4 cm³/mol. The molecule has 1 fully saturated rings. The van der Waals surface area contributed by atoms with Gasteiger partial charge in [-0.25, -0.2) is 0 Å². The van der Waals surface area contributed by atoms with Crippen molar-refractivity contribution in [3.05, 3.63) is 28.8 Å². The van der Waals surface area contributed by atoms with Gasteiger partial charge in [0.25, 0.3) is 0 Å². The molecule has 1 aromatic carbocycles. The van der Waals surface area contributed by atoms with Crippen LogP contribution in [0.1, 0.15) is 36.0 Å². The summed E-state index contributed by atoms with van der Waals surface area (Å²) in [6.45, 7) is 5.42. The van der Waals surface area contributed by atoms with Gasteiger partial charge in [-0.05, 0) is 62.3 Å². The summed E-state index contributed by atoms with van der Waals surface area (Å²) in [4.78, 5) is 0. The standard InChI is InChI=1S/C16H25NO/c1-12-8-14(9-13(2)15(12)18-4)10-16(11-17-3)6-5-7-16/h8-9,17H,5-7,10-11H2,1-4H3. The molecule has 2 nitrogen and oxygen atoms in total. The summed E-state index contributed by atoms with van der Waals surface area (Å²) in [7, 11) is 3.81. The molecule has 0 bridgehead atoms. The van der Waals surface area contributed by atoms with Gasteiger partial charge in [0, 0.05) is 6.54 Å². The minimum absolute atomic E-state index is 0.502. The van der Waals surface area contributed by atoms with Gasteiger partial charge in [-0.1, -0.05) is 18.6 Å². The highest BCUT2D eigenvalue weighted by molar-refractivity contribution is 5.43. The number of hydrogen-bond donors (Lipinski definition) is 1. The maximum absolute atomic E-state index is 5.44. The Kier molecular flexibility index (Phi) is 3.96. The summed E-state index contributed by atoms with van der Waals surface area (Å²) >= 11 is 0. The Hall–Kier alpha value is -1.02. The highest BCUT2D eigenvalue weighted by atomic mass is 16.5. The molecule has 0 heterocycles. The van der Waals surface area contributed by atoms with Crippen molar-refractivity contribution in [2.45, 2.75) is 39.5 Å². The van der Waals surface area contributed by atoms with Crippen LogP contribution in [0.2, 0.25) is 0 Å². The third kappa shape index (κ3) is 2.54. The zero-order valence-electron chi connectivity index (χ0n) is 12.1. The van der Waals surface area contributed by atoms with Crippen LogP contribution >= 0.6 is 0 Å². The summed E-state index contributed by atoms with van der Waals surface area (Å²) in [5.74, 6) is 1.04. The third-order valence-electron chi connectivity index (χ3n) is 4.27. The first kappa shape index (κ1) is 13.4. The maximum Gasteiger partial charge on any atom is 0.124 e. The summed E-state index contributed by atoms with van der Waals surface area (Å²) in [5, 5.41) is 3.36. The lowest BCUT2D eigenvalue weighted by molar-refractivity contribution is 0.133. The number of hydrogen-bond acceptors (Lipinski definition) is 2. The van der Waals surface area contributed by atoms with Crippen LogP contribution in [0.25, 0.3) is 0 Å². The molecule has 0 unspecified atom stereocenters. The molecule has 1 N–H and O–H groups in total. The van der Waals surface area contributed by atoms with Crippen LogP contribution in [0.15, 0.2) is 12.1 Å². The predicted octanol–water partition coefficient (Wildman–Crippen LogP) is 3.24. The Bertz CT molecular complexity index is 398. The van der Waals surface area contributed by atoms with Crippen molar-refractivity contribution in [2.75, 3.05) is 20.7 Å². The van der Waals surface area contributed by atoms with Crippen molar-refractivity contribution in [1.29, 1.82) is 0 Å². The van der Waals surface area contributed by atoms with Gasteiger partial charge in [0.2, 0.25) is 0 Å². The topological polar surface area (TPSA) is 21.3 Å². The summed E-state index contributed by atoms with van der Waals surface area (Å²) < 4.78 is 5.44. The van der Waals surface area contributed by atoms with E-state index in [1.54, 1.807) is 7.11 Å². The Morgan fingerprint density at radius 1 is 1.22 bits per heavy atom. The van der Waals surface area contributed by atoms with E-state index in [2.05, 4.69) is 38.3 Å². The third-order valence-corrected chi connectivity index (χ3v) is 4.27. The number of aryl methyl sites for hydroxylation is 2. The Balaban J connectivity index is 2.19. The van der Waals surface area contributed by atoms with Gasteiger partial charge in [0.1, 0.15) is 5.75 Å². The zero-order chi connectivity index (χ0) is 13.2. The number of rotatable bonds is 5. The molecule has 0 atom stereocenters. The second-order valence-corrected chi connectivity index (χ2v) is 5.82. The molecule has 1 aromatic rings. The smallest absolute Gasteiger partial charge is 0.124 e. The van der Waals surface area contributed by atoms with E-state index in [-0.39, 0.29) is 0 Å². The normalized spacial score (nSPS) is 17.3. The molecular formula is C16H25NO. The van der Waals surface area contributed by atoms with Gasteiger partial charge in [-0.3, -0.25) is 0 Å². The second-order valence-electron chi connectivity index (χ2n) is 5.82. The molecule has 18 heavy (non-hydrogen) atoms. The van der Waals surface area contributed by atoms with E-state index in [0.29, 0.717) is 5.41 Å². The van der Waals surface area contributed by atoms with E-state index in [4.69, 9.17) is 4.74 Å². The molecule has 0 saturated heterocycles. The van der Waals surface area contributed by atoms with E-state index < -0.39 is 0 Å². The van der Waals surface area contributed by atoms with Crippen LogP contribution in [0, 0.1) is 19.3 Å². The number of ether oxygens (including phenoxy) is 1. The van der Waals surface area contributed by atoms with Crippen molar-refractivity contribution in [2.24, 2.45) is 5.41 Å². The molecule has 2 heteroatoms. The van der Waals surface area contributed by atoms with E-state index in [9.17, 15) is 0 Å². The van der Waals surface area contributed by atoms with Crippen molar-refractivity contribution in [1.82, 2.24) is 5.32 Å². The first-order valence-corrected chi connectivity index (χ1v) is 6.89. The lowest BCUT2D eigenvalue weighted by atomic mass is 9.65. The minimum atomic E-state index is 0.502. The molecule has 1 aliphatic carbocycles. The molecule has 100 valence electrons. The molecule has 0 amide bonds. The van der Waals surface area contributed by atoms with Crippen molar-refractivity contribution in [3.8, 4) is 5.75 Å². The molecule has 1 saturated carbocycles. The number of methoxy groups -OCH3 is 1. The summed E-state index contributed by atoms with van der Waals surface area (Å²) in [5.41, 5.74) is 4.47. The van der Waals surface area contributed by atoms with Gasteiger partial charge in [0.05, 0.1) is 7.11 Å². The first-order chi connectivity index (χ1) is 8.60. The van der Waals surface area contributed by atoms with Crippen molar-refractivity contribution in [3.63, 3.8) is 0 Å². The van der Waals surface area contributed by atoms with E-state index >= 15 is 0 Å². The monoisotopic (exact) mass is 247 g/mol. The van der Waals surface area contributed by atoms with Gasteiger partial charge in [-0.15, -0.1) is 0 Å². The Labute approximate surface area is 111 Å². The first-order valence-electron chi connectivity index (χ1n) is 6.89. The molecule has 1 aliphatic rings. The van der Waals surface area contributed by atoms with E-state index in [1.807, 2.05) is 0 Å². The molecule has 0 aromatic heterocycles. The molecule has 2 rings (SSSR count). The van der Waals surface area contributed by atoms with Crippen LogP contribution in [0.5, 0.6) is 5.75 Å². The highest BCUT2D eigenvalue weighted by Crippen LogP contribution is 2.43. The van der Waals surface area contributed by atoms with E-state index in [1.165, 1.54) is 42.4 Å². The van der Waals surface area contributed by atoms with Gasteiger partial charge < -0.3 is 10.1 Å². The Morgan fingerprint density at radius 2 is 1.83 bits per heavy atom. The lowest BCUT2D eigenvalue weighted by Crippen LogP contribution is -2.40. The van der Waals surface area contributed by atoms with Crippen LogP contribution in [-0.2, 0) is 6.42 Å². The quantitative estimate of drug-likeness (QED) is 0.862. The van der Waals surface area contributed by atoms with Crippen molar-refractivity contribution >= 4 is 0 Å². The number of nitrogens with one attached hydrogen (secondary N) is 1. The molecule has 0 spiro atoms.